The van der Waals surface area contributed by atoms with Crippen LogP contribution in [0.5, 0.6) is 0 Å². The molecule has 0 aliphatic heterocycles. The van der Waals surface area contributed by atoms with E-state index in [9.17, 15) is 16.8 Å². The van der Waals surface area contributed by atoms with Crippen LogP contribution >= 0.6 is 0 Å². The number of rotatable bonds is 7. The molecule has 0 aliphatic carbocycles. The van der Waals surface area contributed by atoms with Crippen molar-refractivity contribution in [2.75, 3.05) is 12.5 Å². The highest BCUT2D eigenvalue weighted by molar-refractivity contribution is 7.86. The van der Waals surface area contributed by atoms with Gasteiger partial charge in [0.15, 0.2) is 0 Å². The zero-order chi connectivity index (χ0) is 17.8. The molecule has 2 atom stereocenters. The maximum absolute atomic E-state index is 11.7. The van der Waals surface area contributed by atoms with E-state index >= 15 is 0 Å². The summed E-state index contributed by atoms with van der Waals surface area (Å²) >= 11 is 0. The summed E-state index contributed by atoms with van der Waals surface area (Å²) in [5.41, 5.74) is 0.973. The van der Waals surface area contributed by atoms with Crippen molar-refractivity contribution in [3.63, 3.8) is 0 Å². The fourth-order valence-electron chi connectivity index (χ4n) is 2.22. The molecule has 0 aliphatic rings. The minimum atomic E-state index is -3.85. The first-order chi connectivity index (χ1) is 11.2. The Morgan fingerprint density at radius 1 is 0.625 bits per heavy atom. The minimum absolute atomic E-state index is 0.487. The van der Waals surface area contributed by atoms with Crippen LogP contribution in [0.25, 0.3) is 0 Å². The summed E-state index contributed by atoms with van der Waals surface area (Å²) in [7, 11) is -7.71. The van der Waals surface area contributed by atoms with Crippen LogP contribution < -0.4 is 0 Å². The normalized spacial score (nSPS) is 14.9. The van der Waals surface area contributed by atoms with E-state index in [4.69, 9.17) is 8.37 Å². The molecule has 0 saturated heterocycles. The van der Waals surface area contributed by atoms with E-state index in [1.807, 2.05) is 0 Å². The van der Waals surface area contributed by atoms with Crippen molar-refractivity contribution in [1.29, 1.82) is 0 Å². The Hall–Kier alpha value is -1.74. The largest absolute Gasteiger partial charge is 0.265 e. The fourth-order valence-corrected chi connectivity index (χ4v) is 3.40. The zero-order valence-electron chi connectivity index (χ0n) is 13.2. The summed E-state index contributed by atoms with van der Waals surface area (Å²) in [4.78, 5) is 0. The van der Waals surface area contributed by atoms with E-state index in [-0.39, 0.29) is 0 Å². The topological polar surface area (TPSA) is 86.7 Å². The van der Waals surface area contributed by atoms with Gasteiger partial charge in [-0.1, -0.05) is 60.7 Å². The van der Waals surface area contributed by atoms with E-state index in [0.29, 0.717) is 11.1 Å². The number of hydrogen-bond donors (Lipinski definition) is 0. The first kappa shape index (κ1) is 18.6. The van der Waals surface area contributed by atoms with E-state index in [1.54, 1.807) is 60.7 Å². The van der Waals surface area contributed by atoms with E-state index in [2.05, 4.69) is 0 Å². The summed E-state index contributed by atoms with van der Waals surface area (Å²) in [5.74, 6) is 0. The SMILES string of the molecule is CS(=O)(=O)O[C@H](c1ccccc1)[C@H](OS(C)(=O)=O)c1ccccc1. The Morgan fingerprint density at radius 2 is 0.917 bits per heavy atom. The van der Waals surface area contributed by atoms with E-state index in [1.165, 1.54) is 0 Å². The third-order valence-electron chi connectivity index (χ3n) is 3.09. The molecule has 2 aromatic rings. The Balaban J connectivity index is 2.55. The van der Waals surface area contributed by atoms with Gasteiger partial charge in [0, 0.05) is 0 Å². The van der Waals surface area contributed by atoms with Crippen molar-refractivity contribution in [1.82, 2.24) is 0 Å². The lowest BCUT2D eigenvalue weighted by atomic mass is 9.98. The zero-order valence-corrected chi connectivity index (χ0v) is 14.8. The first-order valence-electron chi connectivity index (χ1n) is 7.02. The fraction of sp³-hybridized carbons (Fsp3) is 0.250. The molecule has 0 aromatic heterocycles. The van der Waals surface area contributed by atoms with Crippen LogP contribution in [0.4, 0.5) is 0 Å². The molecular weight excluding hydrogens is 352 g/mol. The van der Waals surface area contributed by atoms with Crippen LogP contribution in [0, 0.1) is 0 Å². The van der Waals surface area contributed by atoms with Crippen LogP contribution in [-0.4, -0.2) is 29.3 Å². The van der Waals surface area contributed by atoms with Gasteiger partial charge in [-0.2, -0.15) is 16.8 Å². The second-order valence-electron chi connectivity index (χ2n) is 5.26. The summed E-state index contributed by atoms with van der Waals surface area (Å²) in [6.07, 6.45) is -0.465. The molecule has 0 spiro atoms. The third-order valence-corrected chi connectivity index (χ3v) is 4.20. The maximum Gasteiger partial charge on any atom is 0.265 e. The summed E-state index contributed by atoms with van der Waals surface area (Å²) in [6.45, 7) is 0. The van der Waals surface area contributed by atoms with Crippen LogP contribution in [0.15, 0.2) is 60.7 Å². The summed E-state index contributed by atoms with van der Waals surface area (Å²) < 4.78 is 57.1. The summed E-state index contributed by atoms with van der Waals surface area (Å²) in [5, 5.41) is 0. The molecular formula is C16H18O6S2. The quantitative estimate of drug-likeness (QED) is 0.696. The highest BCUT2D eigenvalue weighted by Gasteiger charge is 2.32. The lowest BCUT2D eigenvalue weighted by Crippen LogP contribution is -2.22. The number of benzene rings is 2. The third kappa shape index (κ3) is 5.72. The molecule has 6 nitrogen and oxygen atoms in total. The Bertz CT molecular complexity index is 786. The van der Waals surface area contributed by atoms with Crippen molar-refractivity contribution in [2.45, 2.75) is 12.2 Å². The van der Waals surface area contributed by atoms with Crippen molar-refractivity contribution >= 4 is 20.2 Å². The van der Waals surface area contributed by atoms with Crippen molar-refractivity contribution in [3.05, 3.63) is 71.8 Å². The Morgan fingerprint density at radius 3 is 1.17 bits per heavy atom. The molecule has 24 heavy (non-hydrogen) atoms. The van der Waals surface area contributed by atoms with Gasteiger partial charge in [0.05, 0.1) is 12.5 Å². The van der Waals surface area contributed by atoms with Gasteiger partial charge >= 0.3 is 0 Å². The molecule has 0 bridgehead atoms. The number of hydrogen-bond acceptors (Lipinski definition) is 6. The van der Waals surface area contributed by atoms with E-state index < -0.39 is 32.4 Å². The van der Waals surface area contributed by atoms with Gasteiger partial charge < -0.3 is 0 Å². The monoisotopic (exact) mass is 370 g/mol. The highest BCUT2D eigenvalue weighted by Crippen LogP contribution is 2.37. The molecule has 0 fully saturated rings. The smallest absolute Gasteiger partial charge is 0.259 e. The van der Waals surface area contributed by atoms with Gasteiger partial charge in [0.25, 0.3) is 20.2 Å². The van der Waals surface area contributed by atoms with E-state index in [0.717, 1.165) is 12.5 Å². The van der Waals surface area contributed by atoms with Crippen molar-refractivity contribution in [2.24, 2.45) is 0 Å². The van der Waals surface area contributed by atoms with Crippen LogP contribution in [0.1, 0.15) is 23.3 Å². The lowest BCUT2D eigenvalue weighted by Gasteiger charge is -2.26. The van der Waals surface area contributed by atoms with Gasteiger partial charge in [-0.15, -0.1) is 0 Å². The maximum atomic E-state index is 11.7. The van der Waals surface area contributed by atoms with Crippen LogP contribution in [0.3, 0.4) is 0 Å². The molecule has 2 aromatic carbocycles. The molecule has 0 unspecified atom stereocenters. The van der Waals surface area contributed by atoms with Gasteiger partial charge in [0.1, 0.15) is 12.2 Å². The van der Waals surface area contributed by atoms with Crippen molar-refractivity contribution < 1.29 is 25.2 Å². The molecule has 0 N–H and O–H groups in total. The minimum Gasteiger partial charge on any atom is -0.259 e. The van der Waals surface area contributed by atoms with Crippen LogP contribution in [-0.2, 0) is 28.6 Å². The molecule has 2 rings (SSSR count). The Labute approximate surface area is 142 Å². The average Bonchev–Trinajstić information content (AvgIpc) is 2.50. The second kappa shape index (κ2) is 7.43. The van der Waals surface area contributed by atoms with Crippen LogP contribution in [0.2, 0.25) is 0 Å². The molecule has 8 heteroatoms. The first-order valence-corrected chi connectivity index (χ1v) is 10.7. The molecule has 0 amide bonds. The Kier molecular flexibility index (Phi) is 5.76. The second-order valence-corrected chi connectivity index (χ2v) is 8.46. The lowest BCUT2D eigenvalue weighted by molar-refractivity contribution is 0.0631. The molecule has 0 saturated carbocycles. The van der Waals surface area contributed by atoms with Gasteiger partial charge in [-0.3, -0.25) is 8.37 Å². The summed E-state index contributed by atoms with van der Waals surface area (Å²) in [6, 6.07) is 16.9. The highest BCUT2D eigenvalue weighted by atomic mass is 32.2. The standard InChI is InChI=1S/C16H18O6S2/c1-23(17,18)21-15(13-9-5-3-6-10-13)16(22-24(2,19)20)14-11-7-4-8-12-14/h3-12,15-16H,1-2H3/t15-,16-/m1/s1. The van der Waals surface area contributed by atoms with Gasteiger partial charge in [-0.05, 0) is 11.1 Å². The molecule has 130 valence electrons. The predicted octanol–water partition coefficient (Wildman–Crippen LogP) is 2.42. The average molecular weight is 370 g/mol. The van der Waals surface area contributed by atoms with Crippen molar-refractivity contribution in [3.8, 4) is 0 Å². The van der Waals surface area contributed by atoms with Gasteiger partial charge in [0.2, 0.25) is 0 Å². The molecule has 0 heterocycles. The predicted molar refractivity (Wildman–Crippen MR) is 90.2 cm³/mol. The van der Waals surface area contributed by atoms with Gasteiger partial charge in [-0.25, -0.2) is 0 Å². The molecule has 0 radical (unpaired) electrons.